The number of imidazole rings is 1. The molecule has 2 rings (SSSR count). The largest absolute Gasteiger partial charge is 0.480 e. The van der Waals surface area contributed by atoms with Crippen molar-refractivity contribution in [1.29, 1.82) is 0 Å². The minimum Gasteiger partial charge on any atom is -0.480 e. The van der Waals surface area contributed by atoms with Crippen molar-refractivity contribution < 1.29 is 9.90 Å². The smallest absolute Gasteiger partial charge is 0.323 e. The Morgan fingerprint density at radius 3 is 3.05 bits per heavy atom. The molecule has 1 saturated carbocycles. The van der Waals surface area contributed by atoms with E-state index in [0.29, 0.717) is 6.42 Å². The Hall–Kier alpha value is -1.36. The van der Waals surface area contributed by atoms with Gasteiger partial charge in [-0.3, -0.25) is 4.79 Å². The van der Waals surface area contributed by atoms with Gasteiger partial charge in [-0.2, -0.15) is 0 Å². The topological polar surface area (TPSA) is 67.2 Å². The van der Waals surface area contributed by atoms with Gasteiger partial charge in [0.25, 0.3) is 0 Å². The van der Waals surface area contributed by atoms with E-state index in [0.717, 1.165) is 44.5 Å². The van der Waals surface area contributed by atoms with Crippen LogP contribution >= 0.6 is 0 Å². The Bertz CT molecular complexity index is 458. The number of carboxylic acids is 1. The molecule has 112 valence electrons. The monoisotopic (exact) mass is 279 g/mol. The average molecular weight is 279 g/mol. The minimum atomic E-state index is -0.770. The molecule has 0 spiro atoms. The molecule has 1 fully saturated rings. The molecule has 0 amide bonds. The van der Waals surface area contributed by atoms with Crippen LogP contribution in [0.2, 0.25) is 0 Å². The van der Waals surface area contributed by atoms with Crippen molar-refractivity contribution in [3.8, 4) is 0 Å². The second kappa shape index (κ2) is 6.39. The number of rotatable bonds is 6. The van der Waals surface area contributed by atoms with Gasteiger partial charge in [0.1, 0.15) is 11.4 Å². The second-order valence-corrected chi connectivity index (χ2v) is 5.67. The summed E-state index contributed by atoms with van der Waals surface area (Å²) < 4.78 is 2.17. The fourth-order valence-electron chi connectivity index (χ4n) is 3.23. The Balaban J connectivity index is 2.19. The molecule has 2 unspecified atom stereocenters. The van der Waals surface area contributed by atoms with E-state index in [1.807, 2.05) is 12.4 Å². The SMILES string of the molecule is CCCNC1(C(=O)O)CCCC(n2ccnc2CC)C1. The van der Waals surface area contributed by atoms with Crippen molar-refractivity contribution in [2.24, 2.45) is 0 Å². The predicted molar refractivity (Wildman–Crippen MR) is 77.8 cm³/mol. The molecular weight excluding hydrogens is 254 g/mol. The second-order valence-electron chi connectivity index (χ2n) is 5.67. The van der Waals surface area contributed by atoms with Crippen LogP contribution in [0, 0.1) is 0 Å². The van der Waals surface area contributed by atoms with Gasteiger partial charge in [-0.05, 0) is 38.6 Å². The Labute approximate surface area is 120 Å². The van der Waals surface area contributed by atoms with Gasteiger partial charge in [0.2, 0.25) is 0 Å². The lowest BCUT2D eigenvalue weighted by Crippen LogP contribution is -2.55. The number of hydrogen-bond donors (Lipinski definition) is 2. The van der Waals surface area contributed by atoms with E-state index in [2.05, 4.69) is 28.7 Å². The molecule has 2 N–H and O–H groups in total. The van der Waals surface area contributed by atoms with E-state index in [-0.39, 0.29) is 6.04 Å². The van der Waals surface area contributed by atoms with Crippen molar-refractivity contribution in [2.45, 2.75) is 64.0 Å². The fourth-order valence-corrected chi connectivity index (χ4v) is 3.23. The first-order valence-electron chi connectivity index (χ1n) is 7.63. The van der Waals surface area contributed by atoms with E-state index < -0.39 is 11.5 Å². The molecule has 1 aromatic heterocycles. The standard InChI is InChI=1S/C15H25N3O2/c1-3-8-17-15(14(19)20)7-5-6-12(11-15)18-10-9-16-13(18)4-2/h9-10,12,17H,3-8,11H2,1-2H3,(H,19,20). The van der Waals surface area contributed by atoms with Gasteiger partial charge < -0.3 is 15.0 Å². The van der Waals surface area contributed by atoms with Gasteiger partial charge in [0, 0.05) is 24.9 Å². The van der Waals surface area contributed by atoms with E-state index in [4.69, 9.17) is 0 Å². The fraction of sp³-hybridized carbons (Fsp3) is 0.733. The predicted octanol–water partition coefficient (Wildman–Crippen LogP) is 2.38. The summed E-state index contributed by atoms with van der Waals surface area (Å²) in [6, 6.07) is 0.238. The maximum atomic E-state index is 11.8. The average Bonchev–Trinajstić information content (AvgIpc) is 2.93. The molecule has 0 aliphatic heterocycles. The number of nitrogens with zero attached hydrogens (tertiary/aromatic N) is 2. The van der Waals surface area contributed by atoms with Crippen molar-refractivity contribution in [3.63, 3.8) is 0 Å². The van der Waals surface area contributed by atoms with Crippen LogP contribution in [-0.2, 0) is 11.2 Å². The van der Waals surface area contributed by atoms with E-state index in [1.165, 1.54) is 0 Å². The van der Waals surface area contributed by atoms with Crippen LogP contribution in [0.25, 0.3) is 0 Å². The summed E-state index contributed by atoms with van der Waals surface area (Å²) in [7, 11) is 0. The lowest BCUT2D eigenvalue weighted by molar-refractivity contribution is -0.147. The van der Waals surface area contributed by atoms with Crippen molar-refractivity contribution in [1.82, 2.24) is 14.9 Å². The third kappa shape index (κ3) is 2.87. The molecule has 0 bridgehead atoms. The molecule has 2 atom stereocenters. The highest BCUT2D eigenvalue weighted by Crippen LogP contribution is 2.36. The zero-order valence-corrected chi connectivity index (χ0v) is 12.4. The van der Waals surface area contributed by atoms with Gasteiger partial charge >= 0.3 is 5.97 Å². The van der Waals surface area contributed by atoms with Gasteiger partial charge in [-0.15, -0.1) is 0 Å². The van der Waals surface area contributed by atoms with Crippen LogP contribution in [0.4, 0.5) is 0 Å². The summed E-state index contributed by atoms with van der Waals surface area (Å²) in [5.74, 6) is 0.334. The molecule has 0 saturated heterocycles. The van der Waals surface area contributed by atoms with E-state index in [9.17, 15) is 9.90 Å². The highest BCUT2D eigenvalue weighted by Gasteiger charge is 2.43. The first-order chi connectivity index (χ1) is 9.63. The Kier molecular flexibility index (Phi) is 4.81. The van der Waals surface area contributed by atoms with Gasteiger partial charge in [-0.1, -0.05) is 13.8 Å². The zero-order chi connectivity index (χ0) is 14.6. The molecule has 5 nitrogen and oxygen atoms in total. The minimum absolute atomic E-state index is 0.238. The lowest BCUT2D eigenvalue weighted by Gasteiger charge is -2.39. The quantitative estimate of drug-likeness (QED) is 0.839. The van der Waals surface area contributed by atoms with Crippen LogP contribution in [0.3, 0.4) is 0 Å². The highest BCUT2D eigenvalue weighted by atomic mass is 16.4. The molecule has 0 aromatic carbocycles. The summed E-state index contributed by atoms with van der Waals surface area (Å²) in [4.78, 5) is 16.1. The summed E-state index contributed by atoms with van der Waals surface area (Å²) in [6.45, 7) is 4.90. The third-order valence-electron chi connectivity index (χ3n) is 4.31. The summed E-state index contributed by atoms with van der Waals surface area (Å²) >= 11 is 0. The first-order valence-corrected chi connectivity index (χ1v) is 7.63. The number of nitrogens with one attached hydrogen (secondary N) is 1. The first kappa shape index (κ1) is 15.0. The van der Waals surface area contributed by atoms with Crippen LogP contribution in [-0.4, -0.2) is 32.7 Å². The number of aromatic nitrogens is 2. The van der Waals surface area contributed by atoms with Gasteiger partial charge in [0.15, 0.2) is 0 Å². The zero-order valence-electron chi connectivity index (χ0n) is 12.4. The van der Waals surface area contributed by atoms with Gasteiger partial charge in [0.05, 0.1) is 0 Å². The van der Waals surface area contributed by atoms with Crippen LogP contribution in [0.1, 0.15) is 57.8 Å². The normalized spacial score (nSPS) is 26.6. The third-order valence-corrected chi connectivity index (χ3v) is 4.31. The molecular formula is C15H25N3O2. The van der Waals surface area contributed by atoms with Crippen molar-refractivity contribution >= 4 is 5.97 Å². The van der Waals surface area contributed by atoms with Crippen LogP contribution < -0.4 is 5.32 Å². The summed E-state index contributed by atoms with van der Waals surface area (Å²) in [5, 5.41) is 13.0. The van der Waals surface area contributed by atoms with Crippen LogP contribution in [0.5, 0.6) is 0 Å². The molecule has 1 aliphatic rings. The molecule has 0 radical (unpaired) electrons. The van der Waals surface area contributed by atoms with E-state index in [1.54, 1.807) is 0 Å². The van der Waals surface area contributed by atoms with Crippen molar-refractivity contribution in [3.05, 3.63) is 18.2 Å². The van der Waals surface area contributed by atoms with Gasteiger partial charge in [-0.25, -0.2) is 4.98 Å². The van der Waals surface area contributed by atoms with Crippen LogP contribution in [0.15, 0.2) is 12.4 Å². The highest BCUT2D eigenvalue weighted by molar-refractivity contribution is 5.79. The maximum absolute atomic E-state index is 11.8. The lowest BCUT2D eigenvalue weighted by atomic mass is 9.78. The molecule has 20 heavy (non-hydrogen) atoms. The Morgan fingerprint density at radius 1 is 1.60 bits per heavy atom. The molecule has 1 heterocycles. The van der Waals surface area contributed by atoms with Crippen molar-refractivity contribution in [2.75, 3.05) is 6.54 Å². The summed E-state index contributed by atoms with van der Waals surface area (Å²) in [5.41, 5.74) is -0.770. The maximum Gasteiger partial charge on any atom is 0.323 e. The number of aliphatic carboxylic acids is 1. The number of carbonyl (C=O) groups is 1. The number of aryl methyl sites for hydroxylation is 1. The summed E-state index contributed by atoms with van der Waals surface area (Å²) in [6.07, 6.45) is 8.97. The molecule has 1 aromatic rings. The van der Waals surface area contributed by atoms with E-state index >= 15 is 0 Å². The Morgan fingerprint density at radius 2 is 2.40 bits per heavy atom. The molecule has 5 heteroatoms. The number of carboxylic acid groups (broad SMARTS) is 1. The molecule has 1 aliphatic carbocycles. The number of hydrogen-bond acceptors (Lipinski definition) is 3.